The molecule has 0 aromatic heterocycles. The summed E-state index contributed by atoms with van der Waals surface area (Å²) in [5.74, 6) is 0.300. The van der Waals surface area contributed by atoms with Crippen LogP contribution in [-0.2, 0) is 9.84 Å². The highest BCUT2D eigenvalue weighted by Crippen LogP contribution is 2.07. The Morgan fingerprint density at radius 2 is 2.10 bits per heavy atom. The fraction of sp³-hybridized carbons (Fsp3) is 1.00. The van der Waals surface area contributed by atoms with Gasteiger partial charge in [0.25, 0.3) is 0 Å². The maximum atomic E-state index is 11.2. The summed E-state index contributed by atoms with van der Waals surface area (Å²) < 4.78 is 22.3. The minimum absolute atomic E-state index is 0.150. The maximum Gasteiger partial charge on any atom is 0.154 e. The van der Waals surface area contributed by atoms with Gasteiger partial charge in [0.15, 0.2) is 9.84 Å². The average molecular weight is 163 g/mol. The highest BCUT2D eigenvalue weighted by molar-refractivity contribution is 7.92. The molecule has 1 N–H and O–H groups in total. The second-order valence-electron chi connectivity index (χ2n) is 2.72. The van der Waals surface area contributed by atoms with Gasteiger partial charge in [-0.05, 0) is 19.9 Å². The molecule has 0 amide bonds. The van der Waals surface area contributed by atoms with Crippen LogP contribution >= 0.6 is 0 Å². The number of nitrogens with one attached hydrogen (secondary N) is 1. The van der Waals surface area contributed by atoms with E-state index < -0.39 is 9.84 Å². The molecule has 0 aromatic carbocycles. The molecule has 0 saturated carbocycles. The summed E-state index contributed by atoms with van der Waals surface area (Å²) in [4.78, 5) is 0. The van der Waals surface area contributed by atoms with Gasteiger partial charge in [0.2, 0.25) is 0 Å². The topological polar surface area (TPSA) is 46.2 Å². The number of sulfone groups is 1. The lowest BCUT2D eigenvalue weighted by atomic mass is 10.3. The second kappa shape index (κ2) is 2.88. The first-order chi connectivity index (χ1) is 4.63. The zero-order valence-electron chi connectivity index (χ0n) is 6.13. The minimum atomic E-state index is -2.76. The molecule has 10 heavy (non-hydrogen) atoms. The van der Waals surface area contributed by atoms with Crippen molar-refractivity contribution in [3.05, 3.63) is 0 Å². The van der Waals surface area contributed by atoms with Crippen molar-refractivity contribution in [1.82, 2.24) is 5.32 Å². The molecule has 60 valence electrons. The average Bonchev–Trinajstić information content (AvgIpc) is 1.96. The van der Waals surface area contributed by atoms with Crippen LogP contribution in [0, 0.1) is 0 Å². The lowest BCUT2D eigenvalue weighted by Crippen LogP contribution is -2.21. The van der Waals surface area contributed by atoms with E-state index in [0.717, 1.165) is 13.0 Å². The van der Waals surface area contributed by atoms with Gasteiger partial charge in [-0.1, -0.05) is 0 Å². The van der Waals surface area contributed by atoms with Crippen LogP contribution in [0.5, 0.6) is 0 Å². The van der Waals surface area contributed by atoms with Gasteiger partial charge in [0.1, 0.15) is 0 Å². The fourth-order valence-electron chi connectivity index (χ4n) is 1.03. The Morgan fingerprint density at radius 3 is 2.80 bits per heavy atom. The Balaban J connectivity index is 2.71. The van der Waals surface area contributed by atoms with E-state index in [4.69, 9.17) is 0 Å². The molecule has 0 aliphatic carbocycles. The first-order valence-corrected chi connectivity index (χ1v) is 5.27. The van der Waals surface area contributed by atoms with E-state index in [-0.39, 0.29) is 5.25 Å². The highest BCUT2D eigenvalue weighted by atomic mass is 32.2. The Morgan fingerprint density at radius 1 is 1.40 bits per heavy atom. The predicted molar refractivity (Wildman–Crippen MR) is 40.7 cm³/mol. The molecule has 1 aliphatic heterocycles. The van der Waals surface area contributed by atoms with Gasteiger partial charge in [-0.25, -0.2) is 8.42 Å². The zero-order valence-corrected chi connectivity index (χ0v) is 6.95. The summed E-state index contributed by atoms with van der Waals surface area (Å²) in [7, 11) is -2.76. The molecule has 1 saturated heterocycles. The normalized spacial score (nSPS) is 33.1. The molecule has 0 spiro atoms. The summed E-state index contributed by atoms with van der Waals surface area (Å²) in [6.07, 6.45) is 0.752. The van der Waals surface area contributed by atoms with Crippen LogP contribution in [-0.4, -0.2) is 32.5 Å². The SMILES string of the molecule is C[C@H]1CCNCCS1(=O)=O. The lowest BCUT2D eigenvalue weighted by molar-refractivity contribution is 0.583. The Hall–Kier alpha value is -0.0900. The third-order valence-electron chi connectivity index (χ3n) is 1.90. The summed E-state index contributed by atoms with van der Waals surface area (Å²) in [6.45, 7) is 3.23. The van der Waals surface area contributed by atoms with E-state index in [2.05, 4.69) is 5.32 Å². The second-order valence-corrected chi connectivity index (χ2v) is 5.25. The van der Waals surface area contributed by atoms with Gasteiger partial charge in [0, 0.05) is 6.54 Å². The highest BCUT2D eigenvalue weighted by Gasteiger charge is 2.21. The summed E-state index contributed by atoms with van der Waals surface area (Å²) >= 11 is 0. The predicted octanol–water partition coefficient (Wildman–Crippen LogP) is -0.217. The van der Waals surface area contributed by atoms with Crippen molar-refractivity contribution in [3.8, 4) is 0 Å². The van der Waals surface area contributed by atoms with Gasteiger partial charge >= 0.3 is 0 Å². The fourth-order valence-corrected chi connectivity index (χ4v) is 2.33. The molecule has 1 rings (SSSR count). The van der Waals surface area contributed by atoms with Crippen molar-refractivity contribution in [2.45, 2.75) is 18.6 Å². The van der Waals surface area contributed by atoms with Crippen LogP contribution in [0.1, 0.15) is 13.3 Å². The Labute approximate surface area is 61.7 Å². The van der Waals surface area contributed by atoms with E-state index in [0.29, 0.717) is 12.3 Å². The monoisotopic (exact) mass is 163 g/mol. The third kappa shape index (κ3) is 1.70. The van der Waals surface area contributed by atoms with E-state index in [1.54, 1.807) is 6.92 Å². The quantitative estimate of drug-likeness (QED) is 0.537. The molecule has 1 heterocycles. The summed E-state index contributed by atoms with van der Waals surface area (Å²) in [5.41, 5.74) is 0. The van der Waals surface area contributed by atoms with Crippen LogP contribution in [0.4, 0.5) is 0 Å². The first kappa shape index (κ1) is 8.01. The van der Waals surface area contributed by atoms with Gasteiger partial charge < -0.3 is 5.32 Å². The van der Waals surface area contributed by atoms with E-state index in [9.17, 15) is 8.42 Å². The molecule has 3 nitrogen and oxygen atoms in total. The lowest BCUT2D eigenvalue weighted by Gasteiger charge is -2.05. The van der Waals surface area contributed by atoms with Crippen molar-refractivity contribution in [3.63, 3.8) is 0 Å². The van der Waals surface area contributed by atoms with Crippen LogP contribution < -0.4 is 5.32 Å². The molecular weight excluding hydrogens is 150 g/mol. The molecule has 1 aliphatic rings. The van der Waals surface area contributed by atoms with Crippen LogP contribution in [0.25, 0.3) is 0 Å². The van der Waals surface area contributed by atoms with Crippen LogP contribution in [0.15, 0.2) is 0 Å². The van der Waals surface area contributed by atoms with E-state index >= 15 is 0 Å². The van der Waals surface area contributed by atoms with Crippen molar-refractivity contribution >= 4 is 9.84 Å². The molecule has 1 atom stereocenters. The molecule has 0 unspecified atom stereocenters. The number of hydrogen-bond acceptors (Lipinski definition) is 3. The van der Waals surface area contributed by atoms with Gasteiger partial charge in [-0.3, -0.25) is 0 Å². The Bertz CT molecular complexity index is 198. The summed E-state index contributed by atoms with van der Waals surface area (Å²) in [5, 5.41) is 2.90. The van der Waals surface area contributed by atoms with Crippen molar-refractivity contribution in [1.29, 1.82) is 0 Å². The molecule has 0 bridgehead atoms. The minimum Gasteiger partial charge on any atom is -0.316 e. The molecule has 1 fully saturated rings. The number of rotatable bonds is 0. The van der Waals surface area contributed by atoms with E-state index in [1.165, 1.54) is 0 Å². The largest absolute Gasteiger partial charge is 0.316 e. The van der Waals surface area contributed by atoms with Gasteiger partial charge in [-0.2, -0.15) is 0 Å². The molecular formula is C6H13NO2S. The van der Waals surface area contributed by atoms with Crippen molar-refractivity contribution in [2.75, 3.05) is 18.8 Å². The van der Waals surface area contributed by atoms with Crippen molar-refractivity contribution < 1.29 is 8.42 Å². The van der Waals surface area contributed by atoms with E-state index in [1.807, 2.05) is 0 Å². The van der Waals surface area contributed by atoms with Crippen LogP contribution in [0.2, 0.25) is 0 Å². The van der Waals surface area contributed by atoms with Crippen molar-refractivity contribution in [2.24, 2.45) is 0 Å². The standard InChI is InChI=1S/C6H13NO2S/c1-6-2-3-7-4-5-10(6,8)9/h6-7H,2-5H2,1H3/t6-/m0/s1. The third-order valence-corrected chi connectivity index (χ3v) is 4.14. The summed E-state index contributed by atoms with van der Waals surface area (Å²) in [6, 6.07) is 0. The first-order valence-electron chi connectivity index (χ1n) is 3.55. The number of hydrogen-bond donors (Lipinski definition) is 1. The smallest absolute Gasteiger partial charge is 0.154 e. The maximum absolute atomic E-state index is 11.2. The van der Waals surface area contributed by atoms with Gasteiger partial charge in [-0.15, -0.1) is 0 Å². The van der Waals surface area contributed by atoms with Gasteiger partial charge in [0.05, 0.1) is 11.0 Å². The molecule has 0 aromatic rings. The Kier molecular flexibility index (Phi) is 2.31. The molecule has 0 radical (unpaired) electrons. The van der Waals surface area contributed by atoms with Crippen LogP contribution in [0.3, 0.4) is 0 Å². The molecule has 4 heteroatoms. The zero-order chi connectivity index (χ0) is 7.61.